The molecule has 1 aromatic carbocycles. The molecule has 1 unspecified atom stereocenters. The SMILES string of the molecule is Cc1ccc(C(O)CCC(=O)NCC(C)C)cc1C. The number of carbonyl (C=O) groups is 1. The van der Waals surface area contributed by atoms with Crippen LogP contribution in [0, 0.1) is 19.8 Å². The lowest BCUT2D eigenvalue weighted by atomic mass is 10.00. The third-order valence-electron chi connectivity index (χ3n) is 3.27. The zero-order valence-electron chi connectivity index (χ0n) is 12.4. The lowest BCUT2D eigenvalue weighted by Crippen LogP contribution is -2.27. The standard InChI is InChI=1S/C16H25NO2/c1-11(2)10-17-16(19)8-7-15(18)14-6-5-12(3)13(4)9-14/h5-6,9,11,15,18H,7-8,10H2,1-4H3,(H,17,19). The number of aryl methyl sites for hydroxylation is 2. The smallest absolute Gasteiger partial charge is 0.220 e. The maximum Gasteiger partial charge on any atom is 0.220 e. The van der Waals surface area contributed by atoms with Gasteiger partial charge in [-0.25, -0.2) is 0 Å². The van der Waals surface area contributed by atoms with E-state index in [-0.39, 0.29) is 5.91 Å². The second-order valence-corrected chi connectivity index (χ2v) is 5.60. The molecule has 0 aromatic heterocycles. The van der Waals surface area contributed by atoms with Crippen LogP contribution in [0.1, 0.15) is 49.5 Å². The van der Waals surface area contributed by atoms with Gasteiger partial charge >= 0.3 is 0 Å². The summed E-state index contributed by atoms with van der Waals surface area (Å²) in [5.41, 5.74) is 3.27. The minimum Gasteiger partial charge on any atom is -0.388 e. The van der Waals surface area contributed by atoms with Crippen molar-refractivity contribution in [3.63, 3.8) is 0 Å². The van der Waals surface area contributed by atoms with E-state index in [9.17, 15) is 9.90 Å². The molecule has 0 aliphatic rings. The van der Waals surface area contributed by atoms with E-state index in [1.165, 1.54) is 11.1 Å². The molecular weight excluding hydrogens is 238 g/mol. The molecule has 0 aliphatic carbocycles. The van der Waals surface area contributed by atoms with Gasteiger partial charge < -0.3 is 10.4 Å². The Hall–Kier alpha value is -1.35. The second kappa shape index (κ2) is 7.29. The Kier molecular flexibility index (Phi) is 6.03. The highest BCUT2D eigenvalue weighted by molar-refractivity contribution is 5.75. The van der Waals surface area contributed by atoms with Crippen molar-refractivity contribution >= 4 is 5.91 Å². The van der Waals surface area contributed by atoms with E-state index in [0.717, 1.165) is 5.56 Å². The van der Waals surface area contributed by atoms with Gasteiger partial charge in [-0.2, -0.15) is 0 Å². The van der Waals surface area contributed by atoms with Gasteiger partial charge in [-0.15, -0.1) is 0 Å². The Morgan fingerprint density at radius 2 is 1.95 bits per heavy atom. The predicted octanol–water partition coefficient (Wildman–Crippen LogP) is 2.89. The fourth-order valence-electron chi connectivity index (χ4n) is 1.81. The molecule has 0 saturated carbocycles. The summed E-state index contributed by atoms with van der Waals surface area (Å²) in [5, 5.41) is 12.9. The third kappa shape index (κ3) is 5.43. The van der Waals surface area contributed by atoms with Crippen LogP contribution in [0.4, 0.5) is 0 Å². The van der Waals surface area contributed by atoms with Crippen LogP contribution in [-0.2, 0) is 4.79 Å². The van der Waals surface area contributed by atoms with Crippen LogP contribution in [0.15, 0.2) is 18.2 Å². The Balaban J connectivity index is 2.44. The largest absolute Gasteiger partial charge is 0.388 e. The Bertz CT molecular complexity index is 427. The maximum atomic E-state index is 11.6. The summed E-state index contributed by atoms with van der Waals surface area (Å²) in [7, 11) is 0. The zero-order chi connectivity index (χ0) is 14.4. The molecule has 1 rings (SSSR count). The van der Waals surface area contributed by atoms with Crippen LogP contribution in [0.5, 0.6) is 0 Å². The van der Waals surface area contributed by atoms with Crippen molar-refractivity contribution in [2.24, 2.45) is 5.92 Å². The second-order valence-electron chi connectivity index (χ2n) is 5.60. The topological polar surface area (TPSA) is 49.3 Å². The summed E-state index contributed by atoms with van der Waals surface area (Å²) in [6, 6.07) is 5.93. The fourth-order valence-corrected chi connectivity index (χ4v) is 1.81. The van der Waals surface area contributed by atoms with Crippen molar-refractivity contribution in [3.05, 3.63) is 34.9 Å². The van der Waals surface area contributed by atoms with E-state index in [1.54, 1.807) is 0 Å². The molecule has 19 heavy (non-hydrogen) atoms. The van der Waals surface area contributed by atoms with Crippen molar-refractivity contribution in [1.29, 1.82) is 0 Å². The van der Waals surface area contributed by atoms with Crippen LogP contribution in [-0.4, -0.2) is 17.6 Å². The summed E-state index contributed by atoms with van der Waals surface area (Å²) in [6.07, 6.45) is 0.261. The van der Waals surface area contributed by atoms with Gasteiger partial charge in [0.15, 0.2) is 0 Å². The van der Waals surface area contributed by atoms with E-state index >= 15 is 0 Å². The van der Waals surface area contributed by atoms with E-state index in [1.807, 2.05) is 32.0 Å². The number of amides is 1. The monoisotopic (exact) mass is 263 g/mol. The molecule has 1 atom stereocenters. The number of rotatable bonds is 6. The molecule has 3 heteroatoms. The molecule has 3 nitrogen and oxygen atoms in total. The first-order valence-electron chi connectivity index (χ1n) is 6.92. The van der Waals surface area contributed by atoms with Crippen molar-refractivity contribution in [1.82, 2.24) is 5.32 Å². The highest BCUT2D eigenvalue weighted by Crippen LogP contribution is 2.20. The predicted molar refractivity (Wildman–Crippen MR) is 78.0 cm³/mol. The highest BCUT2D eigenvalue weighted by Gasteiger charge is 2.11. The molecule has 0 bridgehead atoms. The molecule has 0 saturated heterocycles. The summed E-state index contributed by atoms with van der Waals surface area (Å²) in [6.45, 7) is 8.89. The molecule has 0 heterocycles. The van der Waals surface area contributed by atoms with Gasteiger partial charge in [0, 0.05) is 13.0 Å². The fraction of sp³-hybridized carbons (Fsp3) is 0.562. The number of benzene rings is 1. The van der Waals surface area contributed by atoms with Gasteiger partial charge in [-0.1, -0.05) is 32.0 Å². The van der Waals surface area contributed by atoms with Crippen molar-refractivity contribution in [3.8, 4) is 0 Å². The first-order chi connectivity index (χ1) is 8.90. The van der Waals surface area contributed by atoms with Crippen molar-refractivity contribution < 1.29 is 9.90 Å². The number of aliphatic hydroxyl groups excluding tert-OH is 1. The Labute approximate surface area is 116 Å². The van der Waals surface area contributed by atoms with Crippen LogP contribution < -0.4 is 5.32 Å². The molecule has 2 N–H and O–H groups in total. The normalized spacial score (nSPS) is 12.5. The number of hydrogen-bond donors (Lipinski definition) is 2. The average Bonchev–Trinajstić information content (AvgIpc) is 2.36. The highest BCUT2D eigenvalue weighted by atomic mass is 16.3. The molecule has 1 amide bonds. The first kappa shape index (κ1) is 15.7. The minimum absolute atomic E-state index is 0.0107. The summed E-state index contributed by atoms with van der Waals surface area (Å²) in [5.74, 6) is 0.463. The van der Waals surface area contributed by atoms with Crippen LogP contribution in [0.3, 0.4) is 0 Å². The zero-order valence-corrected chi connectivity index (χ0v) is 12.4. The third-order valence-corrected chi connectivity index (χ3v) is 3.27. The van der Waals surface area contributed by atoms with Crippen LogP contribution in [0.25, 0.3) is 0 Å². The van der Waals surface area contributed by atoms with Crippen LogP contribution >= 0.6 is 0 Å². The minimum atomic E-state index is -0.566. The van der Waals surface area contributed by atoms with E-state index in [2.05, 4.69) is 19.2 Å². The van der Waals surface area contributed by atoms with E-state index < -0.39 is 6.10 Å². The summed E-state index contributed by atoms with van der Waals surface area (Å²) < 4.78 is 0. The summed E-state index contributed by atoms with van der Waals surface area (Å²) in [4.78, 5) is 11.6. The number of hydrogen-bond acceptors (Lipinski definition) is 2. The van der Waals surface area contributed by atoms with Crippen molar-refractivity contribution in [2.45, 2.75) is 46.6 Å². The van der Waals surface area contributed by atoms with Crippen LogP contribution in [0.2, 0.25) is 0 Å². The van der Waals surface area contributed by atoms with Gasteiger partial charge in [0.2, 0.25) is 5.91 Å². The summed E-state index contributed by atoms with van der Waals surface area (Å²) >= 11 is 0. The lowest BCUT2D eigenvalue weighted by Gasteiger charge is -2.13. The molecule has 106 valence electrons. The molecular formula is C16H25NO2. The van der Waals surface area contributed by atoms with Gasteiger partial charge in [-0.05, 0) is 42.9 Å². The Morgan fingerprint density at radius 3 is 2.53 bits per heavy atom. The Morgan fingerprint density at radius 1 is 1.26 bits per heavy atom. The lowest BCUT2D eigenvalue weighted by molar-refractivity contribution is -0.121. The van der Waals surface area contributed by atoms with Gasteiger partial charge in [0.25, 0.3) is 0 Å². The molecule has 0 fully saturated rings. The first-order valence-corrected chi connectivity index (χ1v) is 6.92. The van der Waals surface area contributed by atoms with E-state index in [4.69, 9.17) is 0 Å². The van der Waals surface area contributed by atoms with Crippen molar-refractivity contribution in [2.75, 3.05) is 6.54 Å². The van der Waals surface area contributed by atoms with Gasteiger partial charge in [0.05, 0.1) is 6.10 Å². The molecule has 0 aliphatic heterocycles. The van der Waals surface area contributed by atoms with E-state index in [0.29, 0.717) is 25.3 Å². The molecule has 1 aromatic rings. The quantitative estimate of drug-likeness (QED) is 0.829. The number of aliphatic hydroxyl groups is 1. The maximum absolute atomic E-state index is 11.6. The molecule has 0 radical (unpaired) electrons. The number of nitrogens with one attached hydrogen (secondary N) is 1. The molecule has 0 spiro atoms. The average molecular weight is 263 g/mol. The number of carbonyl (C=O) groups excluding carboxylic acids is 1. The van der Waals surface area contributed by atoms with Gasteiger partial charge in [-0.3, -0.25) is 4.79 Å². The van der Waals surface area contributed by atoms with Gasteiger partial charge in [0.1, 0.15) is 0 Å².